The Bertz CT molecular complexity index is 304. The van der Waals surface area contributed by atoms with Crippen molar-refractivity contribution in [1.82, 2.24) is 10.6 Å². The first kappa shape index (κ1) is 16.2. The molecule has 18 heavy (non-hydrogen) atoms. The minimum atomic E-state index is -1.10. The lowest BCUT2D eigenvalue weighted by Crippen LogP contribution is -2.47. The fourth-order valence-corrected chi connectivity index (χ4v) is 1.27. The molecule has 0 saturated heterocycles. The van der Waals surface area contributed by atoms with Gasteiger partial charge in [0.05, 0.1) is 6.61 Å². The summed E-state index contributed by atoms with van der Waals surface area (Å²) in [4.78, 5) is 33.2. The topological polar surface area (TPSA) is 105 Å². The number of carbonyl (C=O) groups is 3. The van der Waals surface area contributed by atoms with E-state index < -0.39 is 24.0 Å². The van der Waals surface area contributed by atoms with Gasteiger partial charge in [-0.25, -0.2) is 9.59 Å². The Hall–Kier alpha value is -1.79. The van der Waals surface area contributed by atoms with Crippen LogP contribution in [-0.2, 0) is 14.3 Å². The molecule has 0 rings (SSSR count). The van der Waals surface area contributed by atoms with Gasteiger partial charge in [0.15, 0.2) is 0 Å². The van der Waals surface area contributed by atoms with Crippen molar-refractivity contribution in [3.8, 4) is 0 Å². The van der Waals surface area contributed by atoms with E-state index in [4.69, 9.17) is 5.11 Å². The van der Waals surface area contributed by atoms with E-state index in [1.54, 1.807) is 6.92 Å². The van der Waals surface area contributed by atoms with Gasteiger partial charge in [-0.3, -0.25) is 4.79 Å². The van der Waals surface area contributed by atoms with Gasteiger partial charge in [-0.2, -0.15) is 0 Å². The van der Waals surface area contributed by atoms with Crippen molar-refractivity contribution in [2.75, 3.05) is 13.2 Å². The third-order valence-corrected chi connectivity index (χ3v) is 2.01. The molecule has 0 aliphatic carbocycles. The number of ether oxygens (including phenoxy) is 1. The summed E-state index contributed by atoms with van der Waals surface area (Å²) in [6.07, 6.45) is 0.322. The maximum atomic E-state index is 11.4. The quantitative estimate of drug-likeness (QED) is 0.573. The molecule has 0 aliphatic rings. The first-order chi connectivity index (χ1) is 8.36. The molecule has 0 heterocycles. The summed E-state index contributed by atoms with van der Waals surface area (Å²) >= 11 is 0. The SMILES string of the molecule is CCOC(=O)CNC(=O)NC(CC(C)C)C(=O)O. The number of carbonyl (C=O) groups excluding carboxylic acids is 2. The van der Waals surface area contributed by atoms with Crippen LogP contribution < -0.4 is 10.6 Å². The van der Waals surface area contributed by atoms with Crippen LogP contribution in [0.3, 0.4) is 0 Å². The number of nitrogens with one attached hydrogen (secondary N) is 2. The summed E-state index contributed by atoms with van der Waals surface area (Å²) in [6.45, 7) is 5.31. The number of carboxylic acid groups (broad SMARTS) is 1. The number of hydrogen-bond acceptors (Lipinski definition) is 4. The molecule has 0 spiro atoms. The van der Waals surface area contributed by atoms with Gasteiger partial charge in [0.2, 0.25) is 0 Å². The summed E-state index contributed by atoms with van der Waals surface area (Å²) in [6, 6.07) is -1.66. The predicted octanol–water partition coefficient (Wildman–Crippen LogP) is 0.348. The number of rotatable bonds is 7. The van der Waals surface area contributed by atoms with E-state index in [0.717, 1.165) is 0 Å². The normalized spacial score (nSPS) is 11.8. The van der Waals surface area contributed by atoms with Gasteiger partial charge >= 0.3 is 18.0 Å². The first-order valence-corrected chi connectivity index (χ1v) is 5.79. The van der Waals surface area contributed by atoms with Crippen molar-refractivity contribution >= 4 is 18.0 Å². The highest BCUT2D eigenvalue weighted by molar-refractivity contribution is 5.85. The first-order valence-electron chi connectivity index (χ1n) is 5.79. The van der Waals surface area contributed by atoms with E-state index in [0.29, 0.717) is 6.42 Å². The van der Waals surface area contributed by atoms with Gasteiger partial charge < -0.3 is 20.5 Å². The van der Waals surface area contributed by atoms with Crippen LogP contribution in [0.5, 0.6) is 0 Å². The molecule has 1 atom stereocenters. The van der Waals surface area contributed by atoms with Crippen molar-refractivity contribution in [2.45, 2.75) is 33.2 Å². The maximum absolute atomic E-state index is 11.4. The van der Waals surface area contributed by atoms with E-state index in [1.165, 1.54) is 0 Å². The Balaban J connectivity index is 4.10. The van der Waals surface area contributed by atoms with Crippen LogP contribution in [0.15, 0.2) is 0 Å². The third-order valence-electron chi connectivity index (χ3n) is 2.01. The van der Waals surface area contributed by atoms with Crippen LogP contribution in [0.25, 0.3) is 0 Å². The van der Waals surface area contributed by atoms with Crippen LogP contribution in [0.1, 0.15) is 27.2 Å². The minimum Gasteiger partial charge on any atom is -0.480 e. The number of amides is 2. The van der Waals surface area contributed by atoms with Crippen molar-refractivity contribution < 1.29 is 24.2 Å². The van der Waals surface area contributed by atoms with E-state index in [-0.39, 0.29) is 19.1 Å². The van der Waals surface area contributed by atoms with E-state index in [9.17, 15) is 14.4 Å². The molecule has 0 aromatic rings. The lowest BCUT2D eigenvalue weighted by Gasteiger charge is -2.16. The third kappa shape index (κ3) is 7.48. The molecule has 0 aliphatic heterocycles. The molecule has 7 heteroatoms. The Morgan fingerprint density at radius 3 is 2.33 bits per heavy atom. The van der Waals surface area contributed by atoms with Gasteiger partial charge in [0.25, 0.3) is 0 Å². The second-order valence-electron chi connectivity index (χ2n) is 4.15. The Labute approximate surface area is 106 Å². The highest BCUT2D eigenvalue weighted by Crippen LogP contribution is 2.04. The summed E-state index contributed by atoms with van der Waals surface area (Å²) in [7, 11) is 0. The van der Waals surface area contributed by atoms with Crippen molar-refractivity contribution in [3.05, 3.63) is 0 Å². The zero-order chi connectivity index (χ0) is 14.1. The smallest absolute Gasteiger partial charge is 0.326 e. The molecule has 0 radical (unpaired) electrons. The van der Waals surface area contributed by atoms with Crippen molar-refractivity contribution in [2.24, 2.45) is 5.92 Å². The molecule has 2 amide bonds. The molecule has 0 aromatic heterocycles. The second kappa shape index (κ2) is 8.32. The van der Waals surface area contributed by atoms with Gasteiger partial charge in [0.1, 0.15) is 12.6 Å². The lowest BCUT2D eigenvalue weighted by atomic mass is 10.0. The van der Waals surface area contributed by atoms with Crippen LogP contribution >= 0.6 is 0 Å². The van der Waals surface area contributed by atoms with Crippen molar-refractivity contribution in [1.29, 1.82) is 0 Å². The predicted molar refractivity (Wildman–Crippen MR) is 64.0 cm³/mol. The molecule has 3 N–H and O–H groups in total. The second-order valence-corrected chi connectivity index (χ2v) is 4.15. The lowest BCUT2D eigenvalue weighted by molar-refractivity contribution is -0.141. The minimum absolute atomic E-state index is 0.136. The number of carboxylic acids is 1. The summed E-state index contributed by atoms with van der Waals surface area (Å²) in [5.74, 6) is -1.53. The molecule has 7 nitrogen and oxygen atoms in total. The Morgan fingerprint density at radius 2 is 1.89 bits per heavy atom. The molecule has 0 fully saturated rings. The summed E-state index contributed by atoms with van der Waals surface area (Å²) < 4.78 is 4.61. The van der Waals surface area contributed by atoms with E-state index in [1.807, 2.05) is 13.8 Å². The van der Waals surface area contributed by atoms with Crippen LogP contribution in [0, 0.1) is 5.92 Å². The van der Waals surface area contributed by atoms with Gasteiger partial charge in [-0.15, -0.1) is 0 Å². The van der Waals surface area contributed by atoms with E-state index in [2.05, 4.69) is 15.4 Å². The molecule has 0 bridgehead atoms. The van der Waals surface area contributed by atoms with E-state index >= 15 is 0 Å². The molecule has 0 aromatic carbocycles. The fraction of sp³-hybridized carbons (Fsp3) is 0.727. The zero-order valence-corrected chi connectivity index (χ0v) is 10.9. The number of aliphatic carboxylic acids is 1. The maximum Gasteiger partial charge on any atom is 0.326 e. The van der Waals surface area contributed by atoms with Crippen molar-refractivity contribution in [3.63, 3.8) is 0 Å². The molecular formula is C11H20N2O5. The average Bonchev–Trinajstić information content (AvgIpc) is 2.25. The number of hydrogen-bond donors (Lipinski definition) is 3. The van der Waals surface area contributed by atoms with Gasteiger partial charge in [-0.05, 0) is 19.3 Å². The van der Waals surface area contributed by atoms with Gasteiger partial charge in [0, 0.05) is 0 Å². The molecule has 1 unspecified atom stereocenters. The number of urea groups is 1. The Kier molecular flexibility index (Phi) is 7.50. The zero-order valence-electron chi connectivity index (χ0n) is 10.9. The van der Waals surface area contributed by atoms with Crippen LogP contribution in [-0.4, -0.2) is 42.3 Å². The highest BCUT2D eigenvalue weighted by atomic mass is 16.5. The van der Waals surface area contributed by atoms with Crippen LogP contribution in [0.4, 0.5) is 4.79 Å². The summed E-state index contributed by atoms with van der Waals surface area (Å²) in [5.41, 5.74) is 0. The average molecular weight is 260 g/mol. The molecular weight excluding hydrogens is 240 g/mol. The standard InChI is InChI=1S/C11H20N2O5/c1-4-18-9(14)6-12-11(17)13-8(10(15)16)5-7(2)3/h7-8H,4-6H2,1-3H3,(H,15,16)(H2,12,13,17). The largest absolute Gasteiger partial charge is 0.480 e. The molecule has 104 valence electrons. The fourth-order valence-electron chi connectivity index (χ4n) is 1.27. The molecule has 0 saturated carbocycles. The van der Waals surface area contributed by atoms with Crippen LogP contribution in [0.2, 0.25) is 0 Å². The number of esters is 1. The Morgan fingerprint density at radius 1 is 1.28 bits per heavy atom. The summed E-state index contributed by atoms with van der Waals surface area (Å²) in [5, 5.41) is 13.4. The van der Waals surface area contributed by atoms with Gasteiger partial charge in [-0.1, -0.05) is 13.8 Å². The highest BCUT2D eigenvalue weighted by Gasteiger charge is 2.21. The monoisotopic (exact) mass is 260 g/mol.